The minimum atomic E-state index is -0.163. The molecule has 0 unspecified atom stereocenters. The number of piperazine rings is 1. The highest BCUT2D eigenvalue weighted by atomic mass is 32.1. The third kappa shape index (κ3) is 5.02. The smallest absolute Gasteiger partial charge is 0.264 e. The Bertz CT molecular complexity index is 780. The molecule has 8 heteroatoms. The lowest BCUT2D eigenvalue weighted by molar-refractivity contribution is 0.0642. The van der Waals surface area contributed by atoms with Crippen LogP contribution in [0.4, 0.5) is 0 Å². The van der Waals surface area contributed by atoms with Gasteiger partial charge in [-0.3, -0.25) is 14.5 Å². The van der Waals surface area contributed by atoms with E-state index in [1.54, 1.807) is 32.4 Å². The number of methoxy groups -OCH3 is 2. The molecule has 7 nitrogen and oxygen atoms in total. The van der Waals surface area contributed by atoms with Crippen molar-refractivity contribution in [3.63, 3.8) is 0 Å². The van der Waals surface area contributed by atoms with E-state index in [0.29, 0.717) is 36.7 Å². The van der Waals surface area contributed by atoms with Gasteiger partial charge in [0, 0.05) is 50.9 Å². The van der Waals surface area contributed by atoms with E-state index in [1.807, 2.05) is 22.4 Å². The predicted octanol–water partition coefficient (Wildman–Crippen LogP) is 1.95. The molecule has 1 N–H and O–H groups in total. The minimum Gasteiger partial charge on any atom is -0.497 e. The number of amides is 2. The maximum absolute atomic E-state index is 12.4. The van der Waals surface area contributed by atoms with Gasteiger partial charge in [0.1, 0.15) is 11.5 Å². The molecule has 0 radical (unpaired) electrons. The van der Waals surface area contributed by atoms with Gasteiger partial charge < -0.3 is 19.7 Å². The zero-order valence-corrected chi connectivity index (χ0v) is 17.0. The largest absolute Gasteiger partial charge is 0.497 e. The summed E-state index contributed by atoms with van der Waals surface area (Å²) in [5, 5.41) is 4.86. The molecule has 0 atom stereocenters. The molecule has 0 saturated carbocycles. The first-order valence-corrected chi connectivity index (χ1v) is 10.0. The van der Waals surface area contributed by atoms with E-state index in [1.165, 1.54) is 11.3 Å². The summed E-state index contributed by atoms with van der Waals surface area (Å²) in [4.78, 5) is 29.7. The Balaban J connectivity index is 1.43. The van der Waals surface area contributed by atoms with Crippen molar-refractivity contribution in [3.8, 4) is 11.5 Å². The molecule has 3 rings (SSSR count). The normalized spacial score (nSPS) is 14.6. The van der Waals surface area contributed by atoms with Crippen LogP contribution in [0.2, 0.25) is 0 Å². The molecule has 150 valence electrons. The number of benzene rings is 1. The Morgan fingerprint density at radius 1 is 1.07 bits per heavy atom. The molecular formula is C20H25N3O4S. The van der Waals surface area contributed by atoms with E-state index in [9.17, 15) is 9.59 Å². The number of carbonyl (C=O) groups excluding carboxylic acids is 2. The highest BCUT2D eigenvalue weighted by Gasteiger charge is 2.22. The van der Waals surface area contributed by atoms with Crippen molar-refractivity contribution in [3.05, 3.63) is 46.2 Å². The van der Waals surface area contributed by atoms with Crippen molar-refractivity contribution >= 4 is 23.2 Å². The summed E-state index contributed by atoms with van der Waals surface area (Å²) in [5.74, 6) is 1.10. The number of hydrogen-bond donors (Lipinski definition) is 1. The van der Waals surface area contributed by atoms with Crippen molar-refractivity contribution in [2.24, 2.45) is 0 Å². The molecule has 28 heavy (non-hydrogen) atoms. The Kier molecular flexibility index (Phi) is 6.89. The summed E-state index contributed by atoms with van der Waals surface area (Å²) in [6.07, 6.45) is 0. The SMILES string of the molecule is COc1cc(OC)cc(C(=O)NCCN2CCN(C(=O)c3cccs3)CC2)c1. The Morgan fingerprint density at radius 2 is 1.75 bits per heavy atom. The van der Waals surface area contributed by atoms with Crippen LogP contribution in [-0.2, 0) is 0 Å². The number of rotatable bonds is 7. The fourth-order valence-electron chi connectivity index (χ4n) is 3.10. The van der Waals surface area contributed by atoms with Crippen molar-refractivity contribution in [2.45, 2.75) is 0 Å². The van der Waals surface area contributed by atoms with E-state index in [0.717, 1.165) is 24.5 Å². The zero-order chi connectivity index (χ0) is 19.9. The van der Waals surface area contributed by atoms with Gasteiger partial charge in [-0.05, 0) is 23.6 Å². The molecule has 2 amide bonds. The summed E-state index contributed by atoms with van der Waals surface area (Å²) >= 11 is 1.48. The molecule has 1 aliphatic heterocycles. The minimum absolute atomic E-state index is 0.106. The molecule has 0 bridgehead atoms. The van der Waals surface area contributed by atoms with Crippen molar-refractivity contribution < 1.29 is 19.1 Å². The van der Waals surface area contributed by atoms with Gasteiger partial charge in [0.25, 0.3) is 11.8 Å². The summed E-state index contributed by atoms with van der Waals surface area (Å²) in [6.45, 7) is 4.31. The van der Waals surface area contributed by atoms with Crippen molar-refractivity contribution in [1.29, 1.82) is 0 Å². The second-order valence-corrected chi connectivity index (χ2v) is 7.42. The average molecular weight is 404 g/mol. The molecule has 0 aliphatic carbocycles. The van der Waals surface area contributed by atoms with E-state index >= 15 is 0 Å². The fourth-order valence-corrected chi connectivity index (χ4v) is 3.79. The maximum atomic E-state index is 12.4. The lowest BCUT2D eigenvalue weighted by Crippen LogP contribution is -2.50. The highest BCUT2D eigenvalue weighted by Crippen LogP contribution is 2.22. The standard InChI is InChI=1S/C20H25N3O4S/c1-26-16-12-15(13-17(14-16)27-2)19(24)21-5-6-22-7-9-23(10-8-22)20(25)18-4-3-11-28-18/h3-4,11-14H,5-10H2,1-2H3,(H,21,24). The number of nitrogens with zero attached hydrogens (tertiary/aromatic N) is 2. The van der Waals surface area contributed by atoms with Crippen LogP contribution in [0, 0.1) is 0 Å². The van der Waals surface area contributed by atoms with Crippen LogP contribution in [0.1, 0.15) is 20.0 Å². The van der Waals surface area contributed by atoms with Crippen LogP contribution in [0.15, 0.2) is 35.7 Å². The van der Waals surface area contributed by atoms with Gasteiger partial charge in [0.2, 0.25) is 0 Å². The lowest BCUT2D eigenvalue weighted by atomic mass is 10.2. The monoisotopic (exact) mass is 403 g/mol. The Morgan fingerprint density at radius 3 is 2.32 bits per heavy atom. The molecule has 1 fully saturated rings. The van der Waals surface area contributed by atoms with E-state index in [-0.39, 0.29) is 11.8 Å². The van der Waals surface area contributed by atoms with Crippen molar-refractivity contribution in [1.82, 2.24) is 15.1 Å². The lowest BCUT2D eigenvalue weighted by Gasteiger charge is -2.34. The number of carbonyl (C=O) groups is 2. The first-order chi connectivity index (χ1) is 13.6. The molecule has 1 aromatic heterocycles. The van der Waals surface area contributed by atoms with Crippen LogP contribution in [0.5, 0.6) is 11.5 Å². The third-order valence-corrected chi connectivity index (χ3v) is 5.58. The van der Waals surface area contributed by atoms with Gasteiger partial charge in [-0.1, -0.05) is 6.07 Å². The summed E-state index contributed by atoms with van der Waals surface area (Å²) < 4.78 is 10.4. The number of hydrogen-bond acceptors (Lipinski definition) is 6. The predicted molar refractivity (Wildman–Crippen MR) is 109 cm³/mol. The van der Waals surface area contributed by atoms with Gasteiger partial charge in [-0.15, -0.1) is 11.3 Å². The summed E-state index contributed by atoms with van der Waals surface area (Å²) in [7, 11) is 3.11. The van der Waals surface area contributed by atoms with Gasteiger partial charge in [-0.25, -0.2) is 0 Å². The van der Waals surface area contributed by atoms with Gasteiger partial charge in [0.05, 0.1) is 19.1 Å². The van der Waals surface area contributed by atoms with Crippen LogP contribution in [-0.4, -0.2) is 75.1 Å². The molecule has 2 heterocycles. The van der Waals surface area contributed by atoms with Crippen LogP contribution in [0.25, 0.3) is 0 Å². The first-order valence-electron chi connectivity index (χ1n) is 9.17. The molecular weight excluding hydrogens is 378 g/mol. The van der Waals surface area contributed by atoms with Gasteiger partial charge in [-0.2, -0.15) is 0 Å². The van der Waals surface area contributed by atoms with Gasteiger partial charge in [0.15, 0.2) is 0 Å². The van der Waals surface area contributed by atoms with E-state index in [2.05, 4.69) is 10.2 Å². The summed E-state index contributed by atoms with van der Waals surface area (Å²) in [6, 6.07) is 8.87. The molecule has 0 spiro atoms. The maximum Gasteiger partial charge on any atom is 0.264 e. The Labute approximate surface area is 168 Å². The first kappa shape index (κ1) is 20.2. The quantitative estimate of drug-likeness (QED) is 0.765. The molecule has 1 aromatic carbocycles. The fraction of sp³-hybridized carbons (Fsp3) is 0.400. The molecule has 1 aliphatic rings. The second-order valence-electron chi connectivity index (χ2n) is 6.47. The average Bonchev–Trinajstić information content (AvgIpc) is 3.28. The van der Waals surface area contributed by atoms with E-state index in [4.69, 9.17) is 9.47 Å². The van der Waals surface area contributed by atoms with Crippen LogP contribution >= 0.6 is 11.3 Å². The number of thiophene rings is 1. The number of ether oxygens (including phenoxy) is 2. The van der Waals surface area contributed by atoms with Crippen molar-refractivity contribution in [2.75, 3.05) is 53.5 Å². The van der Waals surface area contributed by atoms with Crippen LogP contribution in [0.3, 0.4) is 0 Å². The third-order valence-electron chi connectivity index (χ3n) is 4.72. The van der Waals surface area contributed by atoms with Crippen LogP contribution < -0.4 is 14.8 Å². The molecule has 1 saturated heterocycles. The van der Waals surface area contributed by atoms with E-state index < -0.39 is 0 Å². The topological polar surface area (TPSA) is 71.1 Å². The highest BCUT2D eigenvalue weighted by molar-refractivity contribution is 7.12. The molecule has 2 aromatic rings. The Hall–Kier alpha value is -2.58. The second kappa shape index (κ2) is 9.57. The van der Waals surface area contributed by atoms with Gasteiger partial charge >= 0.3 is 0 Å². The summed E-state index contributed by atoms with van der Waals surface area (Å²) in [5.41, 5.74) is 0.502. The zero-order valence-electron chi connectivity index (χ0n) is 16.1. The number of nitrogens with one attached hydrogen (secondary N) is 1.